The van der Waals surface area contributed by atoms with Gasteiger partial charge >= 0.3 is 0 Å². The van der Waals surface area contributed by atoms with E-state index in [2.05, 4.69) is 18.9 Å². The first kappa shape index (κ1) is 16.8. The topological polar surface area (TPSA) is 6.48 Å². The van der Waals surface area contributed by atoms with Crippen molar-refractivity contribution in [3.63, 3.8) is 0 Å². The Balaban J connectivity index is 0.00000121. The highest BCUT2D eigenvalue weighted by molar-refractivity contribution is 4.83. The Labute approximate surface area is 105 Å². The molecular formula is C13H28F2N2. The van der Waals surface area contributed by atoms with E-state index < -0.39 is 6.43 Å². The molecule has 0 radical (unpaired) electrons. The SMILES string of the molecule is CC.CN1CCC(C)(CN(C)CC(F)F)CC1. The van der Waals surface area contributed by atoms with Crippen LogP contribution in [0.2, 0.25) is 0 Å². The van der Waals surface area contributed by atoms with E-state index in [1.165, 1.54) is 0 Å². The zero-order valence-electron chi connectivity index (χ0n) is 12.0. The number of rotatable bonds is 4. The second kappa shape index (κ2) is 7.98. The lowest BCUT2D eigenvalue weighted by molar-refractivity contribution is 0.0551. The molecule has 0 unspecified atom stereocenters. The van der Waals surface area contributed by atoms with E-state index in [1.54, 1.807) is 11.9 Å². The second-order valence-electron chi connectivity index (χ2n) is 5.20. The minimum atomic E-state index is -2.22. The third kappa shape index (κ3) is 6.94. The maximum Gasteiger partial charge on any atom is 0.251 e. The molecule has 17 heavy (non-hydrogen) atoms. The fourth-order valence-corrected chi connectivity index (χ4v) is 2.27. The van der Waals surface area contributed by atoms with Crippen LogP contribution in [0.15, 0.2) is 0 Å². The molecule has 0 aliphatic carbocycles. The Morgan fingerprint density at radius 3 is 2.12 bits per heavy atom. The summed E-state index contributed by atoms with van der Waals surface area (Å²) in [5, 5.41) is 0. The molecule has 0 saturated carbocycles. The van der Waals surface area contributed by atoms with Gasteiger partial charge in [-0.25, -0.2) is 8.78 Å². The van der Waals surface area contributed by atoms with Crippen molar-refractivity contribution in [2.45, 2.75) is 40.0 Å². The predicted molar refractivity (Wildman–Crippen MR) is 69.7 cm³/mol. The van der Waals surface area contributed by atoms with Crippen molar-refractivity contribution >= 4 is 0 Å². The monoisotopic (exact) mass is 250 g/mol. The zero-order valence-corrected chi connectivity index (χ0v) is 12.0. The third-order valence-electron chi connectivity index (χ3n) is 3.30. The van der Waals surface area contributed by atoms with E-state index in [9.17, 15) is 8.78 Å². The highest BCUT2D eigenvalue weighted by atomic mass is 19.3. The molecule has 1 heterocycles. The van der Waals surface area contributed by atoms with Gasteiger partial charge in [-0.05, 0) is 45.4 Å². The second-order valence-corrected chi connectivity index (χ2v) is 5.20. The molecule has 104 valence electrons. The summed E-state index contributed by atoms with van der Waals surface area (Å²) in [6, 6.07) is 0. The van der Waals surface area contributed by atoms with Crippen molar-refractivity contribution in [3.8, 4) is 0 Å². The van der Waals surface area contributed by atoms with Gasteiger partial charge in [0, 0.05) is 6.54 Å². The van der Waals surface area contributed by atoms with Crippen molar-refractivity contribution in [1.29, 1.82) is 0 Å². The summed E-state index contributed by atoms with van der Waals surface area (Å²) in [6.45, 7) is 9.05. The molecule has 0 amide bonds. The van der Waals surface area contributed by atoms with Crippen molar-refractivity contribution in [3.05, 3.63) is 0 Å². The van der Waals surface area contributed by atoms with Crippen LogP contribution >= 0.6 is 0 Å². The standard InChI is InChI=1S/C11H22F2N2.C2H6/c1-11(4-6-14(2)7-5-11)9-15(3)8-10(12)13;1-2/h10H,4-9H2,1-3H3;1-2H3. The molecule has 0 atom stereocenters. The van der Waals surface area contributed by atoms with Crippen LogP contribution in [0, 0.1) is 5.41 Å². The molecular weight excluding hydrogens is 222 g/mol. The molecule has 1 aliphatic rings. The quantitative estimate of drug-likeness (QED) is 0.757. The molecule has 4 heteroatoms. The van der Waals surface area contributed by atoms with Gasteiger partial charge in [-0.15, -0.1) is 0 Å². The number of alkyl halides is 2. The highest BCUT2D eigenvalue weighted by Gasteiger charge is 2.30. The molecule has 0 aromatic heterocycles. The lowest BCUT2D eigenvalue weighted by Gasteiger charge is -2.40. The lowest BCUT2D eigenvalue weighted by Crippen LogP contribution is -2.43. The van der Waals surface area contributed by atoms with Crippen LogP contribution in [0.25, 0.3) is 0 Å². The molecule has 0 bridgehead atoms. The first-order valence-electron chi connectivity index (χ1n) is 6.56. The normalized spacial score (nSPS) is 20.3. The fraction of sp³-hybridized carbons (Fsp3) is 1.00. The van der Waals surface area contributed by atoms with E-state index in [1.807, 2.05) is 13.8 Å². The van der Waals surface area contributed by atoms with Gasteiger partial charge in [-0.2, -0.15) is 0 Å². The van der Waals surface area contributed by atoms with E-state index in [4.69, 9.17) is 0 Å². The zero-order chi connectivity index (χ0) is 13.5. The average molecular weight is 250 g/mol. The number of halogens is 2. The summed E-state index contributed by atoms with van der Waals surface area (Å²) in [5.41, 5.74) is 0.218. The molecule has 0 aromatic carbocycles. The fourth-order valence-electron chi connectivity index (χ4n) is 2.27. The maximum atomic E-state index is 12.2. The van der Waals surface area contributed by atoms with Gasteiger partial charge in [-0.1, -0.05) is 20.8 Å². The molecule has 2 nitrogen and oxygen atoms in total. The van der Waals surface area contributed by atoms with Crippen LogP contribution in [0.1, 0.15) is 33.6 Å². The van der Waals surface area contributed by atoms with Crippen LogP contribution in [0.3, 0.4) is 0 Å². The van der Waals surface area contributed by atoms with Gasteiger partial charge in [0.15, 0.2) is 0 Å². The number of hydrogen-bond acceptors (Lipinski definition) is 2. The van der Waals surface area contributed by atoms with Crippen molar-refractivity contribution in [2.75, 3.05) is 40.3 Å². The van der Waals surface area contributed by atoms with Crippen LogP contribution in [-0.4, -0.2) is 56.5 Å². The van der Waals surface area contributed by atoms with Crippen LogP contribution in [0.4, 0.5) is 8.78 Å². The first-order valence-corrected chi connectivity index (χ1v) is 6.56. The van der Waals surface area contributed by atoms with Gasteiger partial charge in [0.05, 0.1) is 6.54 Å². The number of piperidine rings is 1. The first-order chi connectivity index (χ1) is 7.91. The van der Waals surface area contributed by atoms with E-state index in [0.29, 0.717) is 0 Å². The number of likely N-dealkylation sites (tertiary alicyclic amines) is 1. The van der Waals surface area contributed by atoms with Crippen molar-refractivity contribution < 1.29 is 8.78 Å². The Bertz CT molecular complexity index is 190. The summed E-state index contributed by atoms with van der Waals surface area (Å²) < 4.78 is 24.4. The lowest BCUT2D eigenvalue weighted by atomic mass is 9.80. The summed E-state index contributed by atoms with van der Waals surface area (Å²) in [6.07, 6.45) is -0.00129. The van der Waals surface area contributed by atoms with Gasteiger partial charge in [-0.3, -0.25) is 0 Å². The molecule has 0 aromatic rings. The van der Waals surface area contributed by atoms with Crippen LogP contribution in [-0.2, 0) is 0 Å². The molecule has 1 fully saturated rings. The molecule has 0 N–H and O–H groups in total. The summed E-state index contributed by atoms with van der Waals surface area (Å²) >= 11 is 0. The molecule has 1 saturated heterocycles. The summed E-state index contributed by atoms with van der Waals surface area (Å²) in [5.74, 6) is 0. The highest BCUT2D eigenvalue weighted by Crippen LogP contribution is 2.31. The van der Waals surface area contributed by atoms with Crippen molar-refractivity contribution in [2.24, 2.45) is 5.41 Å². The molecule has 1 aliphatic heterocycles. The number of nitrogens with zero attached hydrogens (tertiary/aromatic N) is 2. The molecule has 0 spiro atoms. The average Bonchev–Trinajstić information content (AvgIpc) is 2.24. The largest absolute Gasteiger partial charge is 0.306 e. The predicted octanol–water partition coefficient (Wildman–Crippen LogP) is 2.94. The smallest absolute Gasteiger partial charge is 0.251 e. The van der Waals surface area contributed by atoms with Gasteiger partial charge < -0.3 is 9.80 Å². The van der Waals surface area contributed by atoms with E-state index >= 15 is 0 Å². The minimum Gasteiger partial charge on any atom is -0.306 e. The van der Waals surface area contributed by atoms with Gasteiger partial charge in [0.2, 0.25) is 0 Å². The van der Waals surface area contributed by atoms with Crippen molar-refractivity contribution in [1.82, 2.24) is 9.80 Å². The van der Waals surface area contributed by atoms with E-state index in [0.717, 1.165) is 32.5 Å². The Hall–Kier alpha value is -0.220. The van der Waals surface area contributed by atoms with E-state index in [-0.39, 0.29) is 12.0 Å². The van der Waals surface area contributed by atoms with Crippen LogP contribution < -0.4 is 0 Å². The Kier molecular flexibility index (Phi) is 7.88. The molecule has 1 rings (SSSR count). The number of hydrogen-bond donors (Lipinski definition) is 0. The minimum absolute atomic E-state index is 0.106. The Morgan fingerprint density at radius 1 is 1.24 bits per heavy atom. The summed E-state index contributed by atoms with van der Waals surface area (Å²) in [4.78, 5) is 4.06. The van der Waals surface area contributed by atoms with Crippen LogP contribution in [0.5, 0.6) is 0 Å². The van der Waals surface area contributed by atoms with Gasteiger partial charge in [0.1, 0.15) is 0 Å². The summed E-state index contributed by atoms with van der Waals surface area (Å²) in [7, 11) is 3.90. The third-order valence-corrected chi connectivity index (χ3v) is 3.30. The Morgan fingerprint density at radius 2 is 1.71 bits per heavy atom. The van der Waals surface area contributed by atoms with Gasteiger partial charge in [0.25, 0.3) is 6.43 Å². The maximum absolute atomic E-state index is 12.2.